The molecule has 0 saturated carbocycles. The number of benzene rings is 1. The van der Waals surface area contributed by atoms with E-state index in [1.807, 2.05) is 55.2 Å². The standard InChI is InChI=1S/C22H24FN5S/c1-26(2)13-14-28-21(20(25-22(28)29)18-9-3-4-11-24-18)19-10-6-12-27(19)17-8-5-7-16(23)15-17/h3-12,15,20-21H,13-14H2,1-2H3,(H,25,29)/t20-,21+/m1/s1. The molecule has 3 aromatic rings. The summed E-state index contributed by atoms with van der Waals surface area (Å²) in [5.41, 5.74) is 2.76. The Morgan fingerprint density at radius 1 is 1.14 bits per heavy atom. The maximum atomic E-state index is 13.9. The van der Waals surface area contributed by atoms with Gasteiger partial charge >= 0.3 is 0 Å². The Hall–Kier alpha value is -2.77. The van der Waals surface area contributed by atoms with Gasteiger partial charge in [-0.1, -0.05) is 12.1 Å². The molecule has 0 radical (unpaired) electrons. The first-order valence-corrected chi connectivity index (χ1v) is 10.0. The van der Waals surface area contributed by atoms with Crippen LogP contribution in [-0.4, -0.2) is 51.6 Å². The molecule has 5 nitrogen and oxygen atoms in total. The van der Waals surface area contributed by atoms with Crippen LogP contribution in [0, 0.1) is 5.82 Å². The molecule has 0 aliphatic carbocycles. The van der Waals surface area contributed by atoms with Crippen molar-refractivity contribution in [1.82, 2.24) is 24.7 Å². The number of hydrogen-bond acceptors (Lipinski definition) is 3. The van der Waals surface area contributed by atoms with Gasteiger partial charge in [-0.25, -0.2) is 4.39 Å². The lowest BCUT2D eigenvalue weighted by Crippen LogP contribution is -2.36. The van der Waals surface area contributed by atoms with Crippen LogP contribution in [0.5, 0.6) is 0 Å². The smallest absolute Gasteiger partial charge is 0.170 e. The van der Waals surface area contributed by atoms with Gasteiger partial charge in [-0.3, -0.25) is 4.98 Å². The van der Waals surface area contributed by atoms with Crippen LogP contribution in [0.15, 0.2) is 67.0 Å². The van der Waals surface area contributed by atoms with Gasteiger partial charge in [0.1, 0.15) is 5.82 Å². The van der Waals surface area contributed by atoms with Crippen LogP contribution in [0.1, 0.15) is 23.5 Å². The van der Waals surface area contributed by atoms with Crippen LogP contribution in [-0.2, 0) is 0 Å². The first-order valence-electron chi connectivity index (χ1n) is 9.60. The Balaban J connectivity index is 1.78. The Labute approximate surface area is 175 Å². The lowest BCUT2D eigenvalue weighted by atomic mass is 10.0. The number of rotatable bonds is 6. The Kier molecular flexibility index (Phi) is 5.60. The van der Waals surface area contributed by atoms with E-state index in [9.17, 15) is 4.39 Å². The van der Waals surface area contributed by atoms with Gasteiger partial charge in [-0.2, -0.15) is 0 Å². The Bertz CT molecular complexity index is 988. The summed E-state index contributed by atoms with van der Waals surface area (Å²) in [7, 11) is 4.10. The maximum Gasteiger partial charge on any atom is 0.170 e. The Morgan fingerprint density at radius 3 is 2.72 bits per heavy atom. The molecule has 2 aromatic heterocycles. The molecule has 0 unspecified atom stereocenters. The predicted octanol–water partition coefficient (Wildman–Crippen LogP) is 3.55. The van der Waals surface area contributed by atoms with Gasteiger partial charge in [0, 0.05) is 36.9 Å². The van der Waals surface area contributed by atoms with Crippen molar-refractivity contribution >= 4 is 17.3 Å². The summed E-state index contributed by atoms with van der Waals surface area (Å²) in [6.45, 7) is 1.65. The largest absolute Gasteiger partial charge is 0.352 e. The fourth-order valence-corrected chi connectivity index (χ4v) is 4.10. The van der Waals surface area contributed by atoms with Crippen molar-refractivity contribution in [3.8, 4) is 5.69 Å². The molecule has 4 rings (SSSR count). The zero-order valence-electron chi connectivity index (χ0n) is 16.5. The van der Waals surface area contributed by atoms with E-state index >= 15 is 0 Å². The molecular weight excluding hydrogens is 385 g/mol. The molecule has 1 saturated heterocycles. The molecule has 1 aliphatic heterocycles. The van der Waals surface area contributed by atoms with Crippen molar-refractivity contribution in [2.75, 3.05) is 27.2 Å². The normalized spacial score (nSPS) is 19.0. The molecule has 150 valence electrons. The fraction of sp³-hybridized carbons (Fsp3) is 0.273. The van der Waals surface area contributed by atoms with Gasteiger partial charge in [0.2, 0.25) is 0 Å². The highest BCUT2D eigenvalue weighted by molar-refractivity contribution is 7.80. The lowest BCUT2D eigenvalue weighted by Gasteiger charge is -2.29. The summed E-state index contributed by atoms with van der Waals surface area (Å²) >= 11 is 5.70. The summed E-state index contributed by atoms with van der Waals surface area (Å²) in [6, 6.07) is 16.5. The highest BCUT2D eigenvalue weighted by Crippen LogP contribution is 2.39. The number of halogens is 1. The molecule has 1 fully saturated rings. The van der Waals surface area contributed by atoms with Crippen molar-refractivity contribution in [1.29, 1.82) is 0 Å². The van der Waals surface area contributed by atoms with Crippen LogP contribution in [0.25, 0.3) is 5.69 Å². The van der Waals surface area contributed by atoms with Gasteiger partial charge in [0.15, 0.2) is 5.11 Å². The molecule has 3 heterocycles. The number of thiocarbonyl (C=S) groups is 1. The van der Waals surface area contributed by atoms with E-state index in [0.717, 1.165) is 30.2 Å². The van der Waals surface area contributed by atoms with Gasteiger partial charge in [-0.05, 0) is 68.8 Å². The first kappa shape index (κ1) is 19.5. The van der Waals surface area contributed by atoms with E-state index in [4.69, 9.17) is 12.2 Å². The van der Waals surface area contributed by atoms with Gasteiger partial charge < -0.3 is 19.7 Å². The monoisotopic (exact) mass is 409 g/mol. The number of nitrogens with zero attached hydrogens (tertiary/aromatic N) is 4. The van der Waals surface area contributed by atoms with Crippen molar-refractivity contribution in [2.45, 2.75) is 12.1 Å². The number of aromatic nitrogens is 2. The van der Waals surface area contributed by atoms with E-state index < -0.39 is 0 Å². The second-order valence-electron chi connectivity index (χ2n) is 7.41. The number of pyridine rings is 1. The first-order chi connectivity index (χ1) is 14.0. The number of hydrogen-bond donors (Lipinski definition) is 1. The third-order valence-electron chi connectivity index (χ3n) is 5.16. The topological polar surface area (TPSA) is 36.3 Å². The summed E-state index contributed by atoms with van der Waals surface area (Å²) in [4.78, 5) is 8.92. The van der Waals surface area contributed by atoms with E-state index in [2.05, 4.69) is 26.2 Å². The molecule has 1 aliphatic rings. The average Bonchev–Trinajstić information content (AvgIpc) is 3.31. The van der Waals surface area contributed by atoms with Gasteiger partial charge in [0.05, 0.1) is 17.8 Å². The van der Waals surface area contributed by atoms with Crippen LogP contribution >= 0.6 is 12.2 Å². The zero-order chi connectivity index (χ0) is 20.4. The van der Waals surface area contributed by atoms with E-state index in [0.29, 0.717) is 5.11 Å². The molecular formula is C22H24FN5S. The second kappa shape index (κ2) is 8.31. The minimum absolute atomic E-state index is 0.0596. The van der Waals surface area contributed by atoms with Crippen molar-refractivity contribution < 1.29 is 4.39 Å². The molecule has 29 heavy (non-hydrogen) atoms. The maximum absolute atomic E-state index is 13.9. The molecule has 0 spiro atoms. The third kappa shape index (κ3) is 4.02. The zero-order valence-corrected chi connectivity index (χ0v) is 17.3. The predicted molar refractivity (Wildman–Crippen MR) is 116 cm³/mol. The molecule has 1 aromatic carbocycles. The van der Waals surface area contributed by atoms with Crippen LogP contribution in [0.4, 0.5) is 4.39 Å². The molecule has 0 bridgehead atoms. The molecule has 7 heteroatoms. The summed E-state index contributed by atoms with van der Waals surface area (Å²) in [5.74, 6) is -0.257. The Morgan fingerprint density at radius 2 is 2.00 bits per heavy atom. The van der Waals surface area contributed by atoms with Gasteiger partial charge in [-0.15, -0.1) is 0 Å². The lowest BCUT2D eigenvalue weighted by molar-refractivity contribution is 0.272. The summed E-state index contributed by atoms with van der Waals surface area (Å²) in [5, 5.41) is 4.17. The van der Waals surface area contributed by atoms with Crippen molar-refractivity contribution in [2.24, 2.45) is 0 Å². The minimum Gasteiger partial charge on any atom is -0.352 e. The van der Waals surface area contributed by atoms with E-state index in [1.165, 1.54) is 6.07 Å². The highest BCUT2D eigenvalue weighted by atomic mass is 32.1. The van der Waals surface area contributed by atoms with E-state index in [-0.39, 0.29) is 17.9 Å². The summed E-state index contributed by atoms with van der Waals surface area (Å²) < 4.78 is 15.9. The SMILES string of the molecule is CN(C)CCN1C(=S)N[C@H](c2ccccn2)[C@@H]1c1cccn1-c1cccc(F)c1. The molecule has 0 amide bonds. The fourth-order valence-electron chi connectivity index (χ4n) is 3.77. The highest BCUT2D eigenvalue weighted by Gasteiger charge is 2.41. The van der Waals surface area contributed by atoms with E-state index in [1.54, 1.807) is 18.3 Å². The third-order valence-corrected chi connectivity index (χ3v) is 5.51. The average molecular weight is 410 g/mol. The molecule has 1 N–H and O–H groups in total. The quantitative estimate of drug-likeness (QED) is 0.630. The van der Waals surface area contributed by atoms with Gasteiger partial charge in [0.25, 0.3) is 0 Å². The number of nitrogens with one attached hydrogen (secondary N) is 1. The van der Waals surface area contributed by atoms with Crippen LogP contribution in [0.3, 0.4) is 0 Å². The van der Waals surface area contributed by atoms with Crippen molar-refractivity contribution in [3.63, 3.8) is 0 Å². The number of likely N-dealkylation sites (N-methyl/N-ethyl adjacent to an activating group) is 1. The van der Waals surface area contributed by atoms with Crippen LogP contribution in [0.2, 0.25) is 0 Å². The second-order valence-corrected chi connectivity index (χ2v) is 7.79. The minimum atomic E-state index is -0.257. The van der Waals surface area contributed by atoms with Crippen LogP contribution < -0.4 is 5.32 Å². The van der Waals surface area contributed by atoms with Crippen molar-refractivity contribution in [3.05, 3.63) is 84.2 Å². The summed E-state index contributed by atoms with van der Waals surface area (Å²) in [6.07, 6.45) is 3.76. The molecule has 2 atom stereocenters.